The number of para-hydroxylation sites is 1. The van der Waals surface area contributed by atoms with Crippen molar-refractivity contribution in [3.05, 3.63) is 52.0 Å². The van der Waals surface area contributed by atoms with Crippen molar-refractivity contribution < 1.29 is 24.1 Å². The highest BCUT2D eigenvalue weighted by Gasteiger charge is 2.13. The van der Waals surface area contributed by atoms with Crippen LogP contribution in [0.25, 0.3) is 0 Å². The lowest BCUT2D eigenvalue weighted by atomic mass is 10.2. The topological polar surface area (TPSA) is 89.4 Å². The van der Waals surface area contributed by atoms with Crippen LogP contribution in [0.1, 0.15) is 18.1 Å². The third kappa shape index (κ3) is 6.18. The number of methoxy groups -OCH3 is 1. The Hall–Kier alpha value is -2.74. The van der Waals surface area contributed by atoms with Gasteiger partial charge in [-0.2, -0.15) is 5.10 Å². The number of carbonyl (C=O) groups is 1. The van der Waals surface area contributed by atoms with Crippen LogP contribution in [-0.2, 0) is 11.3 Å². The molecule has 0 atom stereocenters. The van der Waals surface area contributed by atoms with Crippen LogP contribution < -0.4 is 19.6 Å². The highest BCUT2D eigenvalue weighted by atomic mass is 79.9. The van der Waals surface area contributed by atoms with Crippen molar-refractivity contribution in [3.8, 4) is 17.2 Å². The number of carboxylic acid groups (broad SMARTS) is 1. The number of benzene rings is 2. The second kappa shape index (κ2) is 10.4. The fraction of sp³-hybridized carbons (Fsp3) is 0.263. The molecule has 0 saturated heterocycles. The van der Waals surface area contributed by atoms with E-state index >= 15 is 0 Å². The van der Waals surface area contributed by atoms with Gasteiger partial charge in [0, 0.05) is 5.56 Å². The highest BCUT2D eigenvalue weighted by Crippen LogP contribution is 2.36. The molecule has 0 radical (unpaired) electrons. The number of hydrogen-bond donors (Lipinski definition) is 2. The molecule has 2 aromatic carbocycles. The molecule has 0 spiro atoms. The van der Waals surface area contributed by atoms with Gasteiger partial charge in [0.1, 0.15) is 5.75 Å². The summed E-state index contributed by atoms with van der Waals surface area (Å²) in [5, 5.41) is 13.0. The van der Waals surface area contributed by atoms with Crippen molar-refractivity contribution in [3.63, 3.8) is 0 Å². The van der Waals surface area contributed by atoms with E-state index in [9.17, 15) is 4.79 Å². The predicted octanol–water partition coefficient (Wildman–Crippen LogP) is 3.44. The predicted molar refractivity (Wildman–Crippen MR) is 106 cm³/mol. The Morgan fingerprint density at radius 1 is 1.26 bits per heavy atom. The van der Waals surface area contributed by atoms with Crippen molar-refractivity contribution in [2.45, 2.75) is 13.5 Å². The highest BCUT2D eigenvalue weighted by molar-refractivity contribution is 9.10. The minimum atomic E-state index is -1.06. The summed E-state index contributed by atoms with van der Waals surface area (Å²) in [5.74, 6) is 0.523. The van der Waals surface area contributed by atoms with Gasteiger partial charge in [0.05, 0.1) is 30.9 Å². The Labute approximate surface area is 166 Å². The summed E-state index contributed by atoms with van der Waals surface area (Å²) in [5.41, 5.74) is 4.73. The lowest BCUT2D eigenvalue weighted by Gasteiger charge is -2.13. The summed E-state index contributed by atoms with van der Waals surface area (Å²) in [7, 11) is 1.63. The molecule has 2 aromatic rings. The van der Waals surface area contributed by atoms with E-state index in [1.54, 1.807) is 25.5 Å². The molecule has 0 saturated carbocycles. The molecule has 8 heteroatoms. The smallest absolute Gasteiger partial charge is 0.341 e. The van der Waals surface area contributed by atoms with Crippen molar-refractivity contribution in [2.75, 3.05) is 20.3 Å². The average Bonchev–Trinajstić information content (AvgIpc) is 2.65. The number of nitrogens with zero attached hydrogens (tertiary/aromatic N) is 1. The monoisotopic (exact) mass is 436 g/mol. The summed E-state index contributed by atoms with van der Waals surface area (Å²) in [6, 6.07) is 11.2. The van der Waals surface area contributed by atoms with Crippen LogP contribution in [-0.4, -0.2) is 37.6 Å². The maximum Gasteiger partial charge on any atom is 0.341 e. The van der Waals surface area contributed by atoms with Gasteiger partial charge >= 0.3 is 5.97 Å². The van der Waals surface area contributed by atoms with E-state index in [4.69, 9.17) is 19.3 Å². The third-order valence-corrected chi connectivity index (χ3v) is 4.03. The molecule has 0 bridgehead atoms. The number of hydrazone groups is 1. The molecule has 0 aliphatic rings. The van der Waals surface area contributed by atoms with Crippen LogP contribution in [0.15, 0.2) is 46.0 Å². The molecule has 2 rings (SSSR count). The Balaban J connectivity index is 2.08. The third-order valence-electron chi connectivity index (χ3n) is 3.44. The molecule has 0 amide bonds. The maximum absolute atomic E-state index is 10.7. The number of nitrogens with one attached hydrogen (secondary N) is 1. The van der Waals surface area contributed by atoms with Crippen molar-refractivity contribution in [1.82, 2.24) is 5.43 Å². The van der Waals surface area contributed by atoms with Crippen molar-refractivity contribution in [2.24, 2.45) is 5.10 Å². The molecule has 0 aliphatic heterocycles. The molecule has 0 aliphatic carbocycles. The number of ether oxygens (including phenoxy) is 3. The second-order valence-corrected chi connectivity index (χ2v) is 6.20. The fourth-order valence-electron chi connectivity index (χ4n) is 2.30. The lowest BCUT2D eigenvalue weighted by Crippen LogP contribution is -2.11. The van der Waals surface area contributed by atoms with Crippen LogP contribution in [0.5, 0.6) is 17.2 Å². The van der Waals surface area contributed by atoms with E-state index in [2.05, 4.69) is 26.5 Å². The van der Waals surface area contributed by atoms with Gasteiger partial charge in [-0.05, 0) is 46.6 Å². The molecular weight excluding hydrogens is 416 g/mol. The Bertz CT molecular complexity index is 811. The SMILES string of the molecule is CCOc1cc(/C=N/NCc2ccccc2OC)cc(Br)c1OCC(=O)O. The number of carboxylic acids is 1. The van der Waals surface area contributed by atoms with E-state index in [1.165, 1.54) is 0 Å². The van der Waals surface area contributed by atoms with Crippen LogP contribution in [0, 0.1) is 0 Å². The summed E-state index contributed by atoms with van der Waals surface area (Å²) in [6.45, 7) is 2.32. The number of aliphatic carboxylic acids is 1. The molecular formula is C19H21BrN2O5. The Morgan fingerprint density at radius 3 is 2.74 bits per heavy atom. The van der Waals surface area contributed by atoms with Crippen LogP contribution >= 0.6 is 15.9 Å². The maximum atomic E-state index is 10.7. The largest absolute Gasteiger partial charge is 0.496 e. The first-order valence-corrected chi connectivity index (χ1v) is 9.03. The first-order valence-electron chi connectivity index (χ1n) is 8.23. The summed E-state index contributed by atoms with van der Waals surface area (Å²) >= 11 is 3.39. The van der Waals surface area contributed by atoms with Gasteiger partial charge in [0.2, 0.25) is 0 Å². The summed E-state index contributed by atoms with van der Waals surface area (Å²) in [4.78, 5) is 10.7. The zero-order valence-corrected chi connectivity index (χ0v) is 16.7. The number of halogens is 1. The zero-order chi connectivity index (χ0) is 19.6. The van der Waals surface area contributed by atoms with E-state index in [0.29, 0.717) is 29.1 Å². The van der Waals surface area contributed by atoms with Crippen molar-refractivity contribution >= 4 is 28.1 Å². The van der Waals surface area contributed by atoms with Gasteiger partial charge in [0.15, 0.2) is 18.1 Å². The fourth-order valence-corrected chi connectivity index (χ4v) is 2.87. The van der Waals surface area contributed by atoms with Gasteiger partial charge in [-0.3, -0.25) is 0 Å². The van der Waals surface area contributed by atoms with E-state index < -0.39 is 12.6 Å². The molecule has 27 heavy (non-hydrogen) atoms. The molecule has 0 fully saturated rings. The Morgan fingerprint density at radius 2 is 2.04 bits per heavy atom. The van der Waals surface area contributed by atoms with E-state index in [0.717, 1.165) is 16.9 Å². The van der Waals surface area contributed by atoms with E-state index in [-0.39, 0.29) is 0 Å². The van der Waals surface area contributed by atoms with Gasteiger partial charge in [-0.25, -0.2) is 4.79 Å². The molecule has 0 unspecified atom stereocenters. The van der Waals surface area contributed by atoms with Gasteiger partial charge in [-0.15, -0.1) is 0 Å². The minimum Gasteiger partial charge on any atom is -0.496 e. The first kappa shape index (κ1) is 20.6. The van der Waals surface area contributed by atoms with E-state index in [1.807, 2.05) is 31.2 Å². The standard InChI is InChI=1S/C19H21BrN2O5/c1-3-26-17-9-13(8-15(20)19(17)27-12-18(23)24)10-21-22-11-14-6-4-5-7-16(14)25-2/h4-10,22H,3,11-12H2,1-2H3,(H,23,24)/b21-10+. The zero-order valence-electron chi connectivity index (χ0n) is 15.1. The molecule has 2 N–H and O–H groups in total. The molecule has 144 valence electrons. The number of hydrogen-bond acceptors (Lipinski definition) is 6. The first-order chi connectivity index (χ1) is 13.0. The van der Waals surface area contributed by atoms with Gasteiger partial charge in [-0.1, -0.05) is 18.2 Å². The quantitative estimate of drug-likeness (QED) is 0.437. The average molecular weight is 437 g/mol. The molecule has 0 heterocycles. The summed E-state index contributed by atoms with van der Waals surface area (Å²) < 4.78 is 16.7. The normalized spacial score (nSPS) is 10.6. The Kier molecular flexibility index (Phi) is 7.94. The van der Waals surface area contributed by atoms with Crippen LogP contribution in [0.3, 0.4) is 0 Å². The molecule has 7 nitrogen and oxygen atoms in total. The second-order valence-electron chi connectivity index (χ2n) is 5.35. The number of rotatable bonds is 10. The summed E-state index contributed by atoms with van der Waals surface area (Å²) in [6.07, 6.45) is 1.64. The van der Waals surface area contributed by atoms with Crippen LogP contribution in [0.2, 0.25) is 0 Å². The molecule has 0 aromatic heterocycles. The minimum absolute atomic E-state index is 0.346. The van der Waals surface area contributed by atoms with Crippen LogP contribution in [0.4, 0.5) is 0 Å². The van der Waals surface area contributed by atoms with Gasteiger partial charge < -0.3 is 24.7 Å². The van der Waals surface area contributed by atoms with Crippen molar-refractivity contribution in [1.29, 1.82) is 0 Å². The lowest BCUT2D eigenvalue weighted by molar-refractivity contribution is -0.139. The van der Waals surface area contributed by atoms with Gasteiger partial charge in [0.25, 0.3) is 0 Å².